The predicted octanol–water partition coefficient (Wildman–Crippen LogP) is 2.07. The fraction of sp³-hybridized carbons (Fsp3) is 0.500. The van der Waals surface area contributed by atoms with Crippen molar-refractivity contribution >= 4 is 6.29 Å². The highest BCUT2D eigenvalue weighted by Gasteiger charge is 2.20. The smallest absolute Gasteiger partial charge is 0.157 e. The maximum absolute atomic E-state index is 10.9. The zero-order valence-electron chi connectivity index (χ0n) is 10.6. The Balaban J connectivity index is 2.01. The Hall–Kier alpha value is -1.55. The maximum atomic E-state index is 10.9. The third kappa shape index (κ3) is 2.82. The Kier molecular flexibility index (Phi) is 4.20. The summed E-state index contributed by atoms with van der Waals surface area (Å²) in [6.07, 6.45) is 4.21. The van der Waals surface area contributed by atoms with Gasteiger partial charge in [-0.1, -0.05) is 12.5 Å². The molecule has 0 aliphatic carbocycles. The number of phenols is 1. The van der Waals surface area contributed by atoms with Gasteiger partial charge in [-0.25, -0.2) is 0 Å². The van der Waals surface area contributed by atoms with Crippen LogP contribution in [-0.2, 0) is 0 Å². The molecule has 1 atom stereocenters. The predicted molar refractivity (Wildman–Crippen MR) is 69.3 cm³/mol. The largest absolute Gasteiger partial charge is 0.507 e. The summed E-state index contributed by atoms with van der Waals surface area (Å²) in [5.41, 5.74) is 0.232. The molecule has 18 heavy (non-hydrogen) atoms. The van der Waals surface area contributed by atoms with Gasteiger partial charge in [-0.05, 0) is 38.6 Å². The lowest BCUT2D eigenvalue weighted by Crippen LogP contribution is -2.40. The van der Waals surface area contributed by atoms with E-state index in [-0.39, 0.29) is 11.3 Å². The van der Waals surface area contributed by atoms with Crippen molar-refractivity contribution in [3.8, 4) is 11.5 Å². The van der Waals surface area contributed by atoms with Crippen LogP contribution in [0.1, 0.15) is 29.6 Å². The number of carbonyl (C=O) groups excluding carboxylic acids is 1. The summed E-state index contributed by atoms with van der Waals surface area (Å²) in [4.78, 5) is 13.2. The Morgan fingerprint density at radius 1 is 1.50 bits per heavy atom. The molecule has 4 nitrogen and oxygen atoms in total. The van der Waals surface area contributed by atoms with Crippen molar-refractivity contribution in [2.45, 2.75) is 25.3 Å². The molecule has 1 N–H and O–H groups in total. The van der Waals surface area contributed by atoms with E-state index in [0.29, 0.717) is 24.7 Å². The van der Waals surface area contributed by atoms with Gasteiger partial charge in [-0.3, -0.25) is 4.79 Å². The number of rotatable bonds is 4. The number of hydrogen-bond acceptors (Lipinski definition) is 4. The molecule has 0 bridgehead atoms. The first-order chi connectivity index (χ1) is 8.72. The van der Waals surface area contributed by atoms with Crippen LogP contribution >= 0.6 is 0 Å². The molecule has 2 rings (SSSR count). The number of hydrogen-bond donors (Lipinski definition) is 1. The first-order valence-corrected chi connectivity index (χ1v) is 6.32. The minimum absolute atomic E-state index is 0.0282. The maximum Gasteiger partial charge on any atom is 0.157 e. The zero-order chi connectivity index (χ0) is 13.0. The van der Waals surface area contributed by atoms with Crippen LogP contribution in [0.4, 0.5) is 0 Å². The van der Waals surface area contributed by atoms with E-state index in [4.69, 9.17) is 4.74 Å². The molecule has 4 heteroatoms. The number of benzene rings is 1. The van der Waals surface area contributed by atoms with Crippen molar-refractivity contribution in [1.82, 2.24) is 4.90 Å². The molecule has 0 radical (unpaired) electrons. The molecule has 0 saturated carbocycles. The Labute approximate surface area is 107 Å². The molecule has 1 aliphatic rings. The number of ether oxygens (including phenoxy) is 1. The minimum Gasteiger partial charge on any atom is -0.507 e. The lowest BCUT2D eigenvalue weighted by atomic mass is 10.0. The summed E-state index contributed by atoms with van der Waals surface area (Å²) in [5.74, 6) is 0.434. The lowest BCUT2D eigenvalue weighted by Gasteiger charge is -2.32. The SMILES string of the molecule is CN1CCCCC1COc1cccc(O)c1C=O. The number of piperidine rings is 1. The summed E-state index contributed by atoms with van der Waals surface area (Å²) in [5, 5.41) is 9.56. The van der Waals surface area contributed by atoms with Gasteiger partial charge in [0.1, 0.15) is 18.1 Å². The average Bonchev–Trinajstić information content (AvgIpc) is 2.38. The molecule has 1 aromatic carbocycles. The van der Waals surface area contributed by atoms with Crippen LogP contribution in [-0.4, -0.2) is 42.5 Å². The van der Waals surface area contributed by atoms with E-state index in [0.717, 1.165) is 13.0 Å². The Morgan fingerprint density at radius 3 is 3.06 bits per heavy atom. The highest BCUT2D eigenvalue weighted by Crippen LogP contribution is 2.26. The number of likely N-dealkylation sites (N-methyl/N-ethyl adjacent to an activating group) is 1. The molecule has 1 heterocycles. The van der Waals surface area contributed by atoms with E-state index >= 15 is 0 Å². The quantitative estimate of drug-likeness (QED) is 0.830. The van der Waals surface area contributed by atoms with Gasteiger partial charge < -0.3 is 14.7 Å². The summed E-state index contributed by atoms with van der Waals surface area (Å²) in [6.45, 7) is 1.65. The fourth-order valence-electron chi connectivity index (χ4n) is 2.32. The standard InChI is InChI=1S/C14H19NO3/c1-15-8-3-2-5-11(15)10-18-14-7-4-6-13(17)12(14)9-16/h4,6-7,9,11,17H,2-3,5,8,10H2,1H3. The number of aldehydes is 1. The summed E-state index contributed by atoms with van der Waals surface area (Å²) in [7, 11) is 2.09. The molecule has 1 unspecified atom stereocenters. The fourth-order valence-corrected chi connectivity index (χ4v) is 2.32. The van der Waals surface area contributed by atoms with Gasteiger partial charge in [0, 0.05) is 6.04 Å². The number of carbonyl (C=O) groups is 1. The average molecular weight is 249 g/mol. The molecular formula is C14H19NO3. The van der Waals surface area contributed by atoms with Crippen LogP contribution in [0.25, 0.3) is 0 Å². The van der Waals surface area contributed by atoms with Crippen molar-refractivity contribution in [2.24, 2.45) is 0 Å². The van der Waals surface area contributed by atoms with Gasteiger partial charge in [-0.15, -0.1) is 0 Å². The molecule has 0 spiro atoms. The van der Waals surface area contributed by atoms with Crippen molar-refractivity contribution in [1.29, 1.82) is 0 Å². The number of phenolic OH excluding ortho intramolecular Hbond substituents is 1. The number of likely N-dealkylation sites (tertiary alicyclic amines) is 1. The summed E-state index contributed by atoms with van der Waals surface area (Å²) in [6, 6.07) is 5.28. The van der Waals surface area contributed by atoms with E-state index < -0.39 is 0 Å². The highest BCUT2D eigenvalue weighted by molar-refractivity contribution is 5.83. The molecule has 0 aromatic heterocycles. The minimum atomic E-state index is -0.0282. The molecule has 1 aliphatic heterocycles. The normalized spacial score (nSPS) is 20.6. The summed E-state index contributed by atoms with van der Waals surface area (Å²) < 4.78 is 5.69. The topological polar surface area (TPSA) is 49.8 Å². The van der Waals surface area contributed by atoms with Crippen molar-refractivity contribution in [3.63, 3.8) is 0 Å². The van der Waals surface area contributed by atoms with Gasteiger partial charge in [0.15, 0.2) is 6.29 Å². The monoisotopic (exact) mass is 249 g/mol. The van der Waals surface area contributed by atoms with Gasteiger partial charge in [0.05, 0.1) is 5.56 Å². The second kappa shape index (κ2) is 5.87. The molecule has 0 amide bonds. The number of aromatic hydroxyl groups is 1. The van der Waals surface area contributed by atoms with Gasteiger partial charge in [0.25, 0.3) is 0 Å². The van der Waals surface area contributed by atoms with Gasteiger partial charge >= 0.3 is 0 Å². The molecule has 1 aromatic rings. The summed E-state index contributed by atoms with van der Waals surface area (Å²) >= 11 is 0. The van der Waals surface area contributed by atoms with Crippen molar-refractivity contribution in [3.05, 3.63) is 23.8 Å². The first-order valence-electron chi connectivity index (χ1n) is 6.32. The third-order valence-electron chi connectivity index (χ3n) is 3.51. The first kappa shape index (κ1) is 12.9. The van der Waals surface area contributed by atoms with Crippen LogP contribution in [0.2, 0.25) is 0 Å². The van der Waals surface area contributed by atoms with Crippen molar-refractivity contribution in [2.75, 3.05) is 20.2 Å². The van der Waals surface area contributed by atoms with Crippen LogP contribution in [0.15, 0.2) is 18.2 Å². The van der Waals surface area contributed by atoms with Crippen LogP contribution in [0.5, 0.6) is 11.5 Å². The van der Waals surface area contributed by atoms with E-state index in [1.54, 1.807) is 12.1 Å². The molecule has 1 saturated heterocycles. The zero-order valence-corrected chi connectivity index (χ0v) is 10.6. The molecular weight excluding hydrogens is 230 g/mol. The van der Waals surface area contributed by atoms with Crippen LogP contribution in [0.3, 0.4) is 0 Å². The van der Waals surface area contributed by atoms with Gasteiger partial charge in [0.2, 0.25) is 0 Å². The second-order valence-electron chi connectivity index (χ2n) is 4.75. The van der Waals surface area contributed by atoms with E-state index in [2.05, 4.69) is 11.9 Å². The van der Waals surface area contributed by atoms with Crippen molar-refractivity contribution < 1.29 is 14.6 Å². The Bertz CT molecular complexity index is 420. The van der Waals surface area contributed by atoms with E-state index in [1.165, 1.54) is 18.9 Å². The lowest BCUT2D eigenvalue weighted by molar-refractivity contribution is 0.110. The molecule has 1 fully saturated rings. The van der Waals surface area contributed by atoms with Crippen LogP contribution in [0, 0.1) is 0 Å². The highest BCUT2D eigenvalue weighted by atomic mass is 16.5. The van der Waals surface area contributed by atoms with Crippen LogP contribution < -0.4 is 4.74 Å². The third-order valence-corrected chi connectivity index (χ3v) is 3.51. The Morgan fingerprint density at radius 2 is 2.33 bits per heavy atom. The second-order valence-corrected chi connectivity index (χ2v) is 4.75. The molecule has 98 valence electrons. The van der Waals surface area contributed by atoms with E-state index in [9.17, 15) is 9.90 Å². The van der Waals surface area contributed by atoms with Gasteiger partial charge in [-0.2, -0.15) is 0 Å². The van der Waals surface area contributed by atoms with E-state index in [1.807, 2.05) is 0 Å². The number of nitrogens with zero attached hydrogens (tertiary/aromatic N) is 1.